The molecular formula is C19H33NO3. The predicted octanol–water partition coefficient (Wildman–Crippen LogP) is 4.40. The van der Waals surface area contributed by atoms with Crippen LogP contribution in [0.15, 0.2) is 11.3 Å². The number of carbonyl (C=O) groups excluding carboxylic acids is 2. The maximum atomic E-state index is 12.2. The molecule has 2 atom stereocenters. The van der Waals surface area contributed by atoms with Crippen molar-refractivity contribution in [1.82, 2.24) is 4.90 Å². The van der Waals surface area contributed by atoms with Gasteiger partial charge in [-0.3, -0.25) is 9.59 Å². The molecule has 1 aliphatic heterocycles. The first-order chi connectivity index (χ1) is 10.9. The number of hydrogen-bond donors (Lipinski definition) is 1. The first-order valence-corrected chi connectivity index (χ1v) is 9.13. The van der Waals surface area contributed by atoms with Gasteiger partial charge in [0.05, 0.1) is 6.04 Å². The van der Waals surface area contributed by atoms with Crippen molar-refractivity contribution in [2.75, 3.05) is 7.05 Å². The van der Waals surface area contributed by atoms with Gasteiger partial charge >= 0.3 is 0 Å². The van der Waals surface area contributed by atoms with E-state index in [1.165, 1.54) is 43.4 Å². The van der Waals surface area contributed by atoms with E-state index in [4.69, 9.17) is 0 Å². The molecule has 0 saturated heterocycles. The minimum Gasteiger partial charge on any atom is -0.509 e. The number of aliphatic hydroxyl groups excluding tert-OH is 1. The molecule has 0 spiro atoms. The molecule has 0 aromatic rings. The lowest BCUT2D eigenvalue weighted by molar-refractivity contribution is -0.128. The van der Waals surface area contributed by atoms with Gasteiger partial charge in [-0.25, -0.2) is 0 Å². The van der Waals surface area contributed by atoms with Crippen LogP contribution in [-0.2, 0) is 9.59 Å². The molecule has 1 N–H and O–H groups in total. The Labute approximate surface area is 140 Å². The van der Waals surface area contributed by atoms with Gasteiger partial charge in [0.1, 0.15) is 11.3 Å². The van der Waals surface area contributed by atoms with Crippen LogP contribution in [0.4, 0.5) is 0 Å². The Morgan fingerprint density at radius 1 is 1.17 bits per heavy atom. The summed E-state index contributed by atoms with van der Waals surface area (Å²) in [6.45, 7) is 6.19. The molecule has 132 valence electrons. The van der Waals surface area contributed by atoms with Gasteiger partial charge in [0.25, 0.3) is 5.91 Å². The lowest BCUT2D eigenvalue weighted by Crippen LogP contribution is -2.30. The van der Waals surface area contributed by atoms with E-state index in [1.54, 1.807) is 14.0 Å². The lowest BCUT2D eigenvalue weighted by atomic mass is 9.95. The number of likely N-dealkylation sites (N-methyl/N-ethyl adjacent to an activating group) is 1. The van der Waals surface area contributed by atoms with Crippen molar-refractivity contribution in [2.24, 2.45) is 5.92 Å². The quantitative estimate of drug-likeness (QED) is 0.453. The second-order valence-electron chi connectivity index (χ2n) is 6.98. The number of aliphatic hydroxyl groups is 1. The molecule has 0 bridgehead atoms. The Bertz CT molecular complexity index is 442. The monoisotopic (exact) mass is 323 g/mol. The second kappa shape index (κ2) is 9.74. The van der Waals surface area contributed by atoms with E-state index < -0.39 is 0 Å². The third kappa shape index (κ3) is 5.67. The largest absolute Gasteiger partial charge is 0.509 e. The highest BCUT2D eigenvalue weighted by molar-refractivity contribution is 6.21. The minimum atomic E-state index is -0.386. The highest BCUT2D eigenvalue weighted by Crippen LogP contribution is 2.25. The summed E-state index contributed by atoms with van der Waals surface area (Å²) < 4.78 is 0. The summed E-state index contributed by atoms with van der Waals surface area (Å²) in [7, 11) is 1.62. The van der Waals surface area contributed by atoms with Crippen LogP contribution in [-0.4, -0.2) is 34.8 Å². The fourth-order valence-corrected chi connectivity index (χ4v) is 3.09. The van der Waals surface area contributed by atoms with E-state index in [9.17, 15) is 14.7 Å². The number of unbranched alkanes of at least 4 members (excludes halogenated alkanes) is 4. The molecule has 1 amide bonds. The second-order valence-corrected chi connectivity index (χ2v) is 6.98. The van der Waals surface area contributed by atoms with Gasteiger partial charge in [0.2, 0.25) is 0 Å². The molecule has 23 heavy (non-hydrogen) atoms. The van der Waals surface area contributed by atoms with Crippen LogP contribution < -0.4 is 0 Å². The summed E-state index contributed by atoms with van der Waals surface area (Å²) >= 11 is 0. The van der Waals surface area contributed by atoms with Crippen LogP contribution in [0.25, 0.3) is 0 Å². The summed E-state index contributed by atoms with van der Waals surface area (Å²) in [5, 5.41) is 9.96. The van der Waals surface area contributed by atoms with E-state index in [1.807, 2.05) is 0 Å². The standard InChI is InChI=1S/C19H33NO3/c1-5-6-7-8-9-11-14(2)12-10-13-16(21)17-18(22)15(3)20(4)19(17)23/h14-15,22H,5-13H2,1-4H3/t14-,15+/m1/s1. The number of nitrogens with zero attached hydrogens (tertiary/aromatic N) is 1. The fraction of sp³-hybridized carbons (Fsp3) is 0.789. The summed E-state index contributed by atoms with van der Waals surface area (Å²) in [5.41, 5.74) is 0.00668. The van der Waals surface area contributed by atoms with Crippen LogP contribution in [0.1, 0.15) is 78.6 Å². The van der Waals surface area contributed by atoms with Gasteiger partial charge in [-0.1, -0.05) is 58.8 Å². The van der Waals surface area contributed by atoms with Crippen molar-refractivity contribution in [3.63, 3.8) is 0 Å². The van der Waals surface area contributed by atoms with Crippen molar-refractivity contribution < 1.29 is 14.7 Å². The Balaban J connectivity index is 2.28. The van der Waals surface area contributed by atoms with Gasteiger partial charge in [0, 0.05) is 13.5 Å². The van der Waals surface area contributed by atoms with E-state index in [2.05, 4.69) is 13.8 Å². The molecule has 0 aliphatic carbocycles. The Morgan fingerprint density at radius 2 is 1.78 bits per heavy atom. The van der Waals surface area contributed by atoms with Crippen molar-refractivity contribution in [3.8, 4) is 0 Å². The van der Waals surface area contributed by atoms with E-state index in [0.717, 1.165) is 12.8 Å². The van der Waals surface area contributed by atoms with Gasteiger partial charge in [-0.05, 0) is 19.3 Å². The van der Waals surface area contributed by atoms with Crippen molar-refractivity contribution >= 4 is 11.7 Å². The number of ketones is 1. The topological polar surface area (TPSA) is 57.6 Å². The van der Waals surface area contributed by atoms with Crippen LogP contribution in [0, 0.1) is 5.92 Å². The Morgan fingerprint density at radius 3 is 2.35 bits per heavy atom. The van der Waals surface area contributed by atoms with E-state index in [-0.39, 0.29) is 29.1 Å². The third-order valence-electron chi connectivity index (χ3n) is 4.95. The zero-order valence-electron chi connectivity index (χ0n) is 15.2. The SMILES string of the molecule is CCCCCCC[C@@H](C)CCCC(=O)C1=C(O)[C@H](C)N(C)C1=O. The molecule has 0 aromatic carbocycles. The molecule has 4 heteroatoms. The summed E-state index contributed by atoms with van der Waals surface area (Å²) in [6.07, 6.45) is 9.84. The van der Waals surface area contributed by atoms with Crippen LogP contribution in [0.5, 0.6) is 0 Å². The first kappa shape index (κ1) is 19.7. The number of hydrogen-bond acceptors (Lipinski definition) is 3. The van der Waals surface area contributed by atoms with E-state index in [0.29, 0.717) is 12.3 Å². The van der Waals surface area contributed by atoms with Crippen LogP contribution in [0.3, 0.4) is 0 Å². The van der Waals surface area contributed by atoms with Crippen molar-refractivity contribution in [3.05, 3.63) is 11.3 Å². The number of rotatable bonds is 11. The highest BCUT2D eigenvalue weighted by atomic mass is 16.3. The summed E-state index contributed by atoms with van der Waals surface area (Å²) in [5.74, 6) is 0.00201. The summed E-state index contributed by atoms with van der Waals surface area (Å²) in [6, 6.07) is -0.386. The van der Waals surface area contributed by atoms with Gasteiger partial charge in [-0.2, -0.15) is 0 Å². The van der Waals surface area contributed by atoms with Crippen molar-refractivity contribution in [1.29, 1.82) is 0 Å². The van der Waals surface area contributed by atoms with E-state index >= 15 is 0 Å². The molecule has 1 aliphatic rings. The van der Waals surface area contributed by atoms with Gasteiger partial charge < -0.3 is 10.0 Å². The molecule has 4 nitrogen and oxygen atoms in total. The average Bonchev–Trinajstić information content (AvgIpc) is 2.71. The highest BCUT2D eigenvalue weighted by Gasteiger charge is 2.37. The van der Waals surface area contributed by atoms with Gasteiger partial charge in [-0.15, -0.1) is 0 Å². The minimum absolute atomic E-state index is 0.00668. The van der Waals surface area contributed by atoms with Gasteiger partial charge in [0.15, 0.2) is 5.78 Å². The normalized spacial score (nSPS) is 19.6. The first-order valence-electron chi connectivity index (χ1n) is 9.13. The smallest absolute Gasteiger partial charge is 0.261 e. The molecule has 0 unspecified atom stereocenters. The molecule has 1 heterocycles. The van der Waals surface area contributed by atoms with Crippen molar-refractivity contribution in [2.45, 2.75) is 84.6 Å². The third-order valence-corrected chi connectivity index (χ3v) is 4.95. The molecule has 1 rings (SSSR count). The molecule has 0 aromatic heterocycles. The lowest BCUT2D eigenvalue weighted by Gasteiger charge is -2.14. The number of Topliss-reactive ketones (excluding diaryl/α,β-unsaturated/α-hetero) is 1. The summed E-state index contributed by atoms with van der Waals surface area (Å²) in [4.78, 5) is 25.6. The molecule has 0 fully saturated rings. The Kier molecular flexibility index (Phi) is 8.35. The van der Waals surface area contributed by atoms with Crippen LogP contribution >= 0.6 is 0 Å². The maximum Gasteiger partial charge on any atom is 0.261 e. The molecular weight excluding hydrogens is 290 g/mol. The maximum absolute atomic E-state index is 12.2. The predicted molar refractivity (Wildman–Crippen MR) is 93.3 cm³/mol. The number of carbonyl (C=O) groups is 2. The Hall–Kier alpha value is -1.32. The molecule has 0 radical (unpaired) electrons. The average molecular weight is 323 g/mol. The zero-order valence-corrected chi connectivity index (χ0v) is 15.2. The fourth-order valence-electron chi connectivity index (χ4n) is 3.09. The van der Waals surface area contributed by atoms with Crippen LogP contribution in [0.2, 0.25) is 0 Å². The molecule has 0 saturated carbocycles. The number of amides is 1. The zero-order chi connectivity index (χ0) is 17.4.